The number of hydrogen-bond acceptors (Lipinski definition) is 1. The van der Waals surface area contributed by atoms with Gasteiger partial charge in [0.1, 0.15) is 0 Å². The smallest absolute Gasteiger partial charge is 0.234 e. The monoisotopic (exact) mass is 135 g/mol. The summed E-state index contributed by atoms with van der Waals surface area (Å²) in [6, 6.07) is 0. The summed E-state index contributed by atoms with van der Waals surface area (Å²) in [5.74, 6) is 0.603. The largest absolute Gasteiger partial charge is 0.294 e. The van der Waals surface area contributed by atoms with Crippen molar-refractivity contribution >= 4 is 11.3 Å². The lowest BCUT2D eigenvalue weighted by atomic mass is 10.1. The lowest BCUT2D eigenvalue weighted by Gasteiger charge is -2.32. The maximum absolute atomic E-state index is 10.2. The van der Waals surface area contributed by atoms with Crippen LogP contribution < -0.4 is 0 Å². The van der Waals surface area contributed by atoms with Crippen molar-refractivity contribution in [3.8, 4) is 0 Å². The molecule has 1 saturated heterocycles. The molecule has 0 spiro atoms. The van der Waals surface area contributed by atoms with Crippen LogP contribution in [0, 0.1) is 5.92 Å². The Morgan fingerprint density at radius 3 is 2.38 bits per heavy atom. The average Bonchev–Trinajstić information content (AvgIpc) is 1.57. The van der Waals surface area contributed by atoms with E-state index in [-0.39, 0.29) is 0 Å². The molecule has 0 radical (unpaired) electrons. The van der Waals surface area contributed by atoms with Crippen molar-refractivity contribution in [3.05, 3.63) is 0 Å². The van der Waals surface area contributed by atoms with E-state index in [2.05, 4.69) is 6.92 Å². The molecule has 1 rings (SSSR count). The molecular weight excluding hydrogens is 126 g/mol. The Morgan fingerprint density at radius 2 is 2.25 bits per heavy atom. The molecule has 0 amide bonds. The Hall–Kier alpha value is 0.0700. The fourth-order valence-corrected chi connectivity index (χ4v) is 1.53. The molecule has 1 N–H and O–H groups in total. The predicted octanol–water partition coefficient (Wildman–Crippen LogP) is 0.0748. The summed E-state index contributed by atoms with van der Waals surface area (Å²) in [6.07, 6.45) is 0. The number of hydrogen-bond donors (Lipinski definition) is 1. The third-order valence-corrected chi connectivity index (χ3v) is 1.99. The van der Waals surface area contributed by atoms with Crippen LogP contribution in [0.4, 0.5) is 0 Å². The first-order valence-electron chi connectivity index (χ1n) is 2.56. The molecule has 3 nitrogen and oxygen atoms in total. The van der Waals surface area contributed by atoms with Gasteiger partial charge in [-0.25, -0.2) is 8.51 Å². The Labute approximate surface area is 51.1 Å². The summed E-state index contributed by atoms with van der Waals surface area (Å²) in [7, 11) is 0. The molecule has 1 heterocycles. The molecule has 1 aliphatic rings. The third kappa shape index (κ3) is 1.07. The second kappa shape index (κ2) is 2.13. The zero-order valence-electron chi connectivity index (χ0n) is 4.70. The Kier molecular flexibility index (Phi) is 1.65. The van der Waals surface area contributed by atoms with Crippen LogP contribution in [0.3, 0.4) is 0 Å². The van der Waals surface area contributed by atoms with Crippen LogP contribution in [-0.4, -0.2) is 26.2 Å². The van der Waals surface area contributed by atoms with Crippen LogP contribution in [0.25, 0.3) is 0 Å². The number of rotatable bonds is 1. The van der Waals surface area contributed by atoms with Gasteiger partial charge in [-0.1, -0.05) is 6.92 Å². The van der Waals surface area contributed by atoms with Crippen LogP contribution in [0.5, 0.6) is 0 Å². The van der Waals surface area contributed by atoms with Gasteiger partial charge in [-0.2, -0.15) is 0 Å². The molecule has 1 unspecified atom stereocenters. The summed E-state index contributed by atoms with van der Waals surface area (Å²) in [5, 5.41) is 0. The first kappa shape index (κ1) is 6.19. The van der Waals surface area contributed by atoms with Gasteiger partial charge in [-0.05, 0) is 5.92 Å². The average molecular weight is 135 g/mol. The highest BCUT2D eigenvalue weighted by Gasteiger charge is 2.25. The maximum Gasteiger partial charge on any atom is 0.234 e. The number of nitrogens with zero attached hydrogens (tertiary/aromatic N) is 1. The molecule has 8 heavy (non-hydrogen) atoms. The minimum absolute atomic E-state index is 0.603. The lowest BCUT2D eigenvalue weighted by Crippen LogP contribution is -2.45. The van der Waals surface area contributed by atoms with Gasteiger partial charge in [-0.3, -0.25) is 4.55 Å². The molecule has 0 aliphatic carbocycles. The van der Waals surface area contributed by atoms with Gasteiger partial charge in [0.2, 0.25) is 11.3 Å². The summed E-state index contributed by atoms with van der Waals surface area (Å²) in [5.41, 5.74) is 0. The Bertz CT molecular complexity index is 111. The van der Waals surface area contributed by atoms with E-state index in [1.807, 2.05) is 0 Å². The van der Waals surface area contributed by atoms with Crippen molar-refractivity contribution in [2.24, 2.45) is 5.92 Å². The Balaban J connectivity index is 2.25. The zero-order valence-corrected chi connectivity index (χ0v) is 5.52. The molecule has 1 aliphatic heterocycles. The molecule has 4 heteroatoms. The molecular formula is C4H9NO2S. The minimum Gasteiger partial charge on any atom is -0.294 e. The molecule has 1 fully saturated rings. The molecule has 0 aromatic heterocycles. The SMILES string of the molecule is CC1CN(S(=O)O)C1. The highest BCUT2D eigenvalue weighted by atomic mass is 32.2. The quantitative estimate of drug-likeness (QED) is 0.517. The van der Waals surface area contributed by atoms with Crippen LogP contribution in [0.2, 0.25) is 0 Å². The van der Waals surface area contributed by atoms with E-state index >= 15 is 0 Å². The molecule has 0 bridgehead atoms. The van der Waals surface area contributed by atoms with Gasteiger partial charge in [0.25, 0.3) is 0 Å². The van der Waals surface area contributed by atoms with Crippen molar-refractivity contribution in [2.75, 3.05) is 13.1 Å². The summed E-state index contributed by atoms with van der Waals surface area (Å²) in [6.45, 7) is 3.59. The van der Waals surface area contributed by atoms with Crippen LogP contribution in [0.1, 0.15) is 6.92 Å². The van der Waals surface area contributed by atoms with Gasteiger partial charge in [0, 0.05) is 13.1 Å². The summed E-state index contributed by atoms with van der Waals surface area (Å²) in [4.78, 5) is 0. The van der Waals surface area contributed by atoms with Crippen LogP contribution >= 0.6 is 0 Å². The van der Waals surface area contributed by atoms with Crippen molar-refractivity contribution in [1.82, 2.24) is 4.31 Å². The topological polar surface area (TPSA) is 40.5 Å². The minimum atomic E-state index is -1.71. The zero-order chi connectivity index (χ0) is 6.15. The van der Waals surface area contributed by atoms with Crippen LogP contribution in [0.15, 0.2) is 0 Å². The first-order chi connectivity index (χ1) is 3.70. The van der Waals surface area contributed by atoms with Crippen molar-refractivity contribution < 1.29 is 8.76 Å². The highest BCUT2D eigenvalue weighted by Crippen LogP contribution is 2.14. The highest BCUT2D eigenvalue weighted by molar-refractivity contribution is 7.76. The van der Waals surface area contributed by atoms with Gasteiger partial charge in [0.15, 0.2) is 0 Å². The lowest BCUT2D eigenvalue weighted by molar-refractivity contribution is 0.214. The van der Waals surface area contributed by atoms with Gasteiger partial charge in [0.05, 0.1) is 0 Å². The molecule has 0 saturated carbocycles. The fraction of sp³-hybridized carbons (Fsp3) is 1.00. The standard InChI is InChI=1S/C4H9NO2S/c1-4-2-5(3-4)8(6)7/h4H,2-3H2,1H3,(H,6,7). The first-order valence-corrected chi connectivity index (χ1v) is 3.62. The van der Waals surface area contributed by atoms with E-state index in [0.29, 0.717) is 5.92 Å². The van der Waals surface area contributed by atoms with Gasteiger partial charge >= 0.3 is 0 Å². The normalized spacial score (nSPS) is 27.2. The second-order valence-electron chi connectivity index (χ2n) is 2.18. The molecule has 0 aromatic rings. The Morgan fingerprint density at radius 1 is 1.75 bits per heavy atom. The van der Waals surface area contributed by atoms with Gasteiger partial charge in [-0.15, -0.1) is 0 Å². The summed E-state index contributed by atoms with van der Waals surface area (Å²) < 4.78 is 20.1. The van der Waals surface area contributed by atoms with Crippen molar-refractivity contribution in [2.45, 2.75) is 6.92 Å². The molecule has 48 valence electrons. The molecule has 1 atom stereocenters. The molecule has 0 aromatic carbocycles. The van der Waals surface area contributed by atoms with Gasteiger partial charge < -0.3 is 0 Å². The van der Waals surface area contributed by atoms with E-state index in [0.717, 1.165) is 13.1 Å². The van der Waals surface area contributed by atoms with Crippen molar-refractivity contribution in [1.29, 1.82) is 0 Å². The van der Waals surface area contributed by atoms with E-state index in [4.69, 9.17) is 4.55 Å². The fourth-order valence-electron chi connectivity index (χ4n) is 0.769. The predicted molar refractivity (Wildman–Crippen MR) is 31.5 cm³/mol. The maximum atomic E-state index is 10.2. The van der Waals surface area contributed by atoms with Crippen molar-refractivity contribution in [3.63, 3.8) is 0 Å². The second-order valence-corrected chi connectivity index (χ2v) is 3.16. The van der Waals surface area contributed by atoms with E-state index in [9.17, 15) is 4.21 Å². The van der Waals surface area contributed by atoms with E-state index < -0.39 is 11.3 Å². The summed E-state index contributed by atoms with van der Waals surface area (Å²) >= 11 is -1.71. The van der Waals surface area contributed by atoms with E-state index in [1.54, 1.807) is 0 Å². The van der Waals surface area contributed by atoms with Crippen LogP contribution in [-0.2, 0) is 11.3 Å². The van der Waals surface area contributed by atoms with E-state index in [1.165, 1.54) is 4.31 Å². The third-order valence-electron chi connectivity index (χ3n) is 1.25.